The van der Waals surface area contributed by atoms with Crippen LogP contribution in [0.1, 0.15) is 29.8 Å². The summed E-state index contributed by atoms with van der Waals surface area (Å²) in [5, 5.41) is 0.502. The fourth-order valence-corrected chi connectivity index (χ4v) is 2.66. The second-order valence-corrected chi connectivity index (χ2v) is 6.12. The van der Waals surface area contributed by atoms with Gasteiger partial charge in [0.2, 0.25) is 0 Å². The highest BCUT2D eigenvalue weighted by Gasteiger charge is 2.15. The Balaban J connectivity index is 1.72. The van der Waals surface area contributed by atoms with Crippen LogP contribution in [0.4, 0.5) is 0 Å². The first kappa shape index (κ1) is 20.9. The number of hydrogen-bond acceptors (Lipinski definition) is 7. The molecule has 3 rings (SSSR count). The topological polar surface area (TPSA) is 92.0 Å². The molecule has 0 amide bonds. The van der Waals surface area contributed by atoms with Crippen molar-refractivity contribution < 1.29 is 28.2 Å². The van der Waals surface area contributed by atoms with Gasteiger partial charge in [0, 0.05) is 17.5 Å². The average Bonchev–Trinajstić information content (AvgIpc) is 2.73. The molecule has 0 radical (unpaired) electrons. The molecule has 0 unspecified atom stereocenters. The lowest BCUT2D eigenvalue weighted by Gasteiger charge is -2.05. The predicted octanol–water partition coefficient (Wildman–Crippen LogP) is 3.99. The Morgan fingerprint density at radius 2 is 1.70 bits per heavy atom. The predicted molar refractivity (Wildman–Crippen MR) is 111 cm³/mol. The van der Waals surface area contributed by atoms with Crippen LogP contribution in [-0.2, 0) is 9.53 Å². The van der Waals surface area contributed by atoms with Gasteiger partial charge in [-0.2, -0.15) is 0 Å². The van der Waals surface area contributed by atoms with Crippen LogP contribution in [0.5, 0.6) is 11.5 Å². The van der Waals surface area contributed by atoms with Crippen LogP contribution in [0.15, 0.2) is 63.8 Å². The van der Waals surface area contributed by atoms with Crippen LogP contribution in [0.2, 0.25) is 0 Å². The van der Waals surface area contributed by atoms with E-state index in [1.807, 2.05) is 31.2 Å². The molecule has 0 N–H and O–H groups in total. The molecule has 0 atom stereocenters. The summed E-state index contributed by atoms with van der Waals surface area (Å²) in [6.07, 6.45) is 2.91. The molecular weight excluding hydrogens is 388 g/mol. The van der Waals surface area contributed by atoms with Crippen molar-refractivity contribution in [3.05, 3.63) is 76.2 Å². The molecule has 0 bridgehead atoms. The van der Waals surface area contributed by atoms with Crippen molar-refractivity contribution in [3.8, 4) is 11.5 Å². The largest absolute Gasteiger partial charge is 0.494 e. The summed E-state index contributed by atoms with van der Waals surface area (Å²) >= 11 is 0. The normalized spacial score (nSPS) is 10.9. The summed E-state index contributed by atoms with van der Waals surface area (Å²) in [5.41, 5.74) is -0.00699. The lowest BCUT2D eigenvalue weighted by atomic mass is 10.2. The standard InChI is InChI=1S/C23H20O7/c1-3-27-17-9-5-15(6-10-17)7-12-21(24)29-18-11-8-16-13-19(22(25)28-4-2)23(26)30-20(16)14-18/h5-14H,3-4H2,1-2H3/b12-7+. The third kappa shape index (κ3) is 5.14. The van der Waals surface area contributed by atoms with E-state index >= 15 is 0 Å². The van der Waals surface area contributed by atoms with Gasteiger partial charge in [-0.15, -0.1) is 0 Å². The van der Waals surface area contributed by atoms with E-state index in [0.29, 0.717) is 12.0 Å². The molecule has 0 spiro atoms. The van der Waals surface area contributed by atoms with Crippen molar-refractivity contribution in [2.24, 2.45) is 0 Å². The third-order valence-electron chi connectivity index (χ3n) is 4.02. The van der Waals surface area contributed by atoms with E-state index < -0.39 is 17.6 Å². The molecule has 7 heteroatoms. The molecule has 2 aromatic carbocycles. The zero-order chi connectivity index (χ0) is 21.5. The zero-order valence-electron chi connectivity index (χ0n) is 16.5. The van der Waals surface area contributed by atoms with Gasteiger partial charge in [0.05, 0.1) is 13.2 Å². The monoisotopic (exact) mass is 408 g/mol. The Morgan fingerprint density at radius 3 is 2.40 bits per heavy atom. The highest BCUT2D eigenvalue weighted by Crippen LogP contribution is 2.21. The first-order chi connectivity index (χ1) is 14.5. The highest BCUT2D eigenvalue weighted by molar-refractivity contribution is 5.93. The van der Waals surface area contributed by atoms with E-state index in [-0.39, 0.29) is 23.5 Å². The summed E-state index contributed by atoms with van der Waals surface area (Å²) in [5.74, 6) is -0.381. The van der Waals surface area contributed by atoms with E-state index in [1.54, 1.807) is 25.1 Å². The van der Waals surface area contributed by atoms with Gasteiger partial charge in [-0.1, -0.05) is 12.1 Å². The minimum Gasteiger partial charge on any atom is -0.494 e. The number of hydrogen-bond donors (Lipinski definition) is 0. The smallest absolute Gasteiger partial charge is 0.351 e. The van der Waals surface area contributed by atoms with Gasteiger partial charge in [0.15, 0.2) is 0 Å². The summed E-state index contributed by atoms with van der Waals surface area (Å²) in [4.78, 5) is 35.9. The maximum absolute atomic E-state index is 12.1. The van der Waals surface area contributed by atoms with Crippen molar-refractivity contribution in [1.82, 2.24) is 0 Å². The summed E-state index contributed by atoms with van der Waals surface area (Å²) in [6.45, 7) is 4.28. The fourth-order valence-electron chi connectivity index (χ4n) is 2.66. The van der Waals surface area contributed by atoms with Gasteiger partial charge in [0.1, 0.15) is 22.6 Å². The number of fused-ring (bicyclic) bond motifs is 1. The lowest BCUT2D eigenvalue weighted by Crippen LogP contribution is -2.16. The number of carbonyl (C=O) groups is 2. The Bertz CT molecular complexity index is 1140. The van der Waals surface area contributed by atoms with Gasteiger partial charge in [0.25, 0.3) is 0 Å². The van der Waals surface area contributed by atoms with Gasteiger partial charge in [-0.3, -0.25) is 0 Å². The molecular formula is C23H20O7. The number of ether oxygens (including phenoxy) is 3. The van der Waals surface area contributed by atoms with Crippen LogP contribution in [0.3, 0.4) is 0 Å². The molecule has 0 aliphatic rings. The number of esters is 2. The molecule has 0 saturated heterocycles. The minimum atomic E-state index is -0.820. The van der Waals surface area contributed by atoms with Crippen molar-refractivity contribution in [1.29, 1.82) is 0 Å². The van der Waals surface area contributed by atoms with Crippen molar-refractivity contribution >= 4 is 29.0 Å². The molecule has 0 fully saturated rings. The first-order valence-electron chi connectivity index (χ1n) is 9.38. The molecule has 0 aliphatic heterocycles. The molecule has 154 valence electrons. The summed E-state index contributed by atoms with van der Waals surface area (Å²) < 4.78 is 20.6. The average molecular weight is 408 g/mol. The van der Waals surface area contributed by atoms with Crippen molar-refractivity contribution in [2.75, 3.05) is 13.2 Å². The zero-order valence-corrected chi connectivity index (χ0v) is 16.5. The van der Waals surface area contributed by atoms with Gasteiger partial charge in [-0.25, -0.2) is 14.4 Å². The van der Waals surface area contributed by atoms with E-state index in [9.17, 15) is 14.4 Å². The highest BCUT2D eigenvalue weighted by atomic mass is 16.5. The van der Waals surface area contributed by atoms with Gasteiger partial charge in [-0.05, 0) is 55.8 Å². The maximum atomic E-state index is 12.1. The summed E-state index contributed by atoms with van der Waals surface area (Å²) in [7, 11) is 0. The number of carbonyl (C=O) groups excluding carboxylic acids is 2. The lowest BCUT2D eigenvalue weighted by molar-refractivity contribution is -0.128. The fraction of sp³-hybridized carbons (Fsp3) is 0.174. The minimum absolute atomic E-state index is 0.148. The Hall–Kier alpha value is -3.87. The molecule has 1 heterocycles. The molecule has 1 aromatic heterocycles. The van der Waals surface area contributed by atoms with Crippen LogP contribution < -0.4 is 15.1 Å². The van der Waals surface area contributed by atoms with E-state index in [4.69, 9.17) is 18.6 Å². The number of benzene rings is 2. The quantitative estimate of drug-likeness (QED) is 0.253. The van der Waals surface area contributed by atoms with Crippen LogP contribution in [0, 0.1) is 0 Å². The Kier molecular flexibility index (Phi) is 6.64. The second kappa shape index (κ2) is 9.56. The van der Waals surface area contributed by atoms with Crippen LogP contribution >= 0.6 is 0 Å². The van der Waals surface area contributed by atoms with Crippen LogP contribution in [-0.4, -0.2) is 25.2 Å². The maximum Gasteiger partial charge on any atom is 0.351 e. The van der Waals surface area contributed by atoms with Gasteiger partial charge >= 0.3 is 17.6 Å². The SMILES string of the molecule is CCOC(=O)c1cc2ccc(OC(=O)/C=C/c3ccc(OCC)cc3)cc2oc1=O. The Morgan fingerprint density at radius 1 is 0.967 bits per heavy atom. The van der Waals surface area contributed by atoms with Gasteiger partial charge < -0.3 is 18.6 Å². The molecule has 0 aliphatic carbocycles. The van der Waals surface area contributed by atoms with Crippen molar-refractivity contribution in [3.63, 3.8) is 0 Å². The summed E-state index contributed by atoms with van der Waals surface area (Å²) in [6, 6.07) is 13.2. The second-order valence-electron chi connectivity index (χ2n) is 6.12. The third-order valence-corrected chi connectivity index (χ3v) is 4.02. The first-order valence-corrected chi connectivity index (χ1v) is 9.38. The molecule has 30 heavy (non-hydrogen) atoms. The van der Waals surface area contributed by atoms with Crippen LogP contribution in [0.25, 0.3) is 17.0 Å². The molecule has 3 aromatic rings. The van der Waals surface area contributed by atoms with Crippen molar-refractivity contribution in [2.45, 2.75) is 13.8 Å². The van der Waals surface area contributed by atoms with E-state index in [0.717, 1.165) is 11.3 Å². The number of rotatable bonds is 7. The van der Waals surface area contributed by atoms with E-state index in [1.165, 1.54) is 18.2 Å². The Labute approximate surface area is 172 Å². The molecule has 0 saturated carbocycles. The molecule has 7 nitrogen and oxygen atoms in total. The van der Waals surface area contributed by atoms with E-state index in [2.05, 4.69) is 0 Å².